The smallest absolute Gasteiger partial charge is 0.154 e. The van der Waals surface area contributed by atoms with E-state index in [-0.39, 0.29) is 5.92 Å². The van der Waals surface area contributed by atoms with Crippen LogP contribution in [0.15, 0.2) is 0 Å². The Morgan fingerprint density at radius 1 is 1.42 bits per heavy atom. The standard InChI is InChI=1S/C9H19NO2/c1-7(9(11)12)8-4-3-5-10(2)6-8/h7-9,11-12H,3-6H2,1-2H3. The lowest BCUT2D eigenvalue weighted by atomic mass is 9.86. The van der Waals surface area contributed by atoms with Crippen molar-refractivity contribution in [1.29, 1.82) is 0 Å². The van der Waals surface area contributed by atoms with Gasteiger partial charge in [-0.15, -0.1) is 0 Å². The summed E-state index contributed by atoms with van der Waals surface area (Å²) in [5, 5.41) is 18.0. The molecule has 1 aliphatic heterocycles. The van der Waals surface area contributed by atoms with Gasteiger partial charge in [-0.1, -0.05) is 6.92 Å². The van der Waals surface area contributed by atoms with Crippen LogP contribution in [0.25, 0.3) is 0 Å². The molecule has 0 amide bonds. The highest BCUT2D eigenvalue weighted by Crippen LogP contribution is 2.24. The summed E-state index contributed by atoms with van der Waals surface area (Å²) >= 11 is 0. The summed E-state index contributed by atoms with van der Waals surface area (Å²) < 4.78 is 0. The van der Waals surface area contributed by atoms with Gasteiger partial charge in [0.2, 0.25) is 0 Å². The van der Waals surface area contributed by atoms with Crippen LogP contribution < -0.4 is 0 Å². The van der Waals surface area contributed by atoms with Gasteiger partial charge in [-0.25, -0.2) is 0 Å². The van der Waals surface area contributed by atoms with E-state index >= 15 is 0 Å². The molecule has 3 heteroatoms. The van der Waals surface area contributed by atoms with Crippen molar-refractivity contribution >= 4 is 0 Å². The fraction of sp³-hybridized carbons (Fsp3) is 1.00. The Morgan fingerprint density at radius 3 is 2.58 bits per heavy atom. The van der Waals surface area contributed by atoms with E-state index in [0.717, 1.165) is 19.5 Å². The Hall–Kier alpha value is -0.120. The fourth-order valence-corrected chi connectivity index (χ4v) is 1.88. The minimum absolute atomic E-state index is 0.00718. The number of piperidine rings is 1. The maximum Gasteiger partial charge on any atom is 0.154 e. The Balaban J connectivity index is 2.40. The molecule has 0 aromatic heterocycles. The van der Waals surface area contributed by atoms with Crippen molar-refractivity contribution in [2.24, 2.45) is 11.8 Å². The number of hydrogen-bond acceptors (Lipinski definition) is 3. The predicted octanol–water partition coefficient (Wildman–Crippen LogP) is 0.275. The van der Waals surface area contributed by atoms with Crippen molar-refractivity contribution in [3.05, 3.63) is 0 Å². The minimum atomic E-state index is -1.15. The monoisotopic (exact) mass is 173 g/mol. The van der Waals surface area contributed by atoms with Crippen molar-refractivity contribution in [1.82, 2.24) is 4.90 Å². The van der Waals surface area contributed by atoms with Crippen molar-refractivity contribution < 1.29 is 10.2 Å². The van der Waals surface area contributed by atoms with Gasteiger partial charge in [0.1, 0.15) is 0 Å². The number of hydrogen-bond donors (Lipinski definition) is 2. The first-order valence-corrected chi connectivity index (χ1v) is 4.66. The van der Waals surface area contributed by atoms with E-state index in [1.807, 2.05) is 6.92 Å². The molecule has 0 bridgehead atoms. The summed E-state index contributed by atoms with van der Waals surface area (Å²) in [6.07, 6.45) is 1.16. The second kappa shape index (κ2) is 4.21. The van der Waals surface area contributed by atoms with E-state index in [2.05, 4.69) is 11.9 Å². The molecule has 1 saturated heterocycles. The van der Waals surface area contributed by atoms with Gasteiger partial charge in [-0.3, -0.25) is 0 Å². The number of nitrogens with zero attached hydrogens (tertiary/aromatic N) is 1. The molecule has 72 valence electrons. The lowest BCUT2D eigenvalue weighted by Crippen LogP contribution is -2.38. The fourth-order valence-electron chi connectivity index (χ4n) is 1.88. The van der Waals surface area contributed by atoms with Gasteiger partial charge in [0.25, 0.3) is 0 Å². The first-order chi connectivity index (χ1) is 5.61. The van der Waals surface area contributed by atoms with Gasteiger partial charge >= 0.3 is 0 Å². The average molecular weight is 173 g/mol. The molecule has 3 nitrogen and oxygen atoms in total. The second-order valence-electron chi connectivity index (χ2n) is 3.94. The molecule has 2 unspecified atom stereocenters. The van der Waals surface area contributed by atoms with E-state index in [0.29, 0.717) is 5.92 Å². The van der Waals surface area contributed by atoms with Crippen LogP contribution in [0.1, 0.15) is 19.8 Å². The molecule has 1 heterocycles. The summed E-state index contributed by atoms with van der Waals surface area (Å²) in [5.41, 5.74) is 0. The van der Waals surface area contributed by atoms with Crippen LogP contribution in [0.2, 0.25) is 0 Å². The predicted molar refractivity (Wildman–Crippen MR) is 47.6 cm³/mol. The summed E-state index contributed by atoms with van der Waals surface area (Å²) in [6, 6.07) is 0. The summed E-state index contributed by atoms with van der Waals surface area (Å²) in [4.78, 5) is 2.26. The molecule has 0 spiro atoms. The van der Waals surface area contributed by atoms with Crippen LogP contribution in [0, 0.1) is 11.8 Å². The molecule has 1 fully saturated rings. The van der Waals surface area contributed by atoms with Crippen molar-refractivity contribution in [3.63, 3.8) is 0 Å². The molecule has 1 aliphatic rings. The Morgan fingerprint density at radius 2 is 2.08 bits per heavy atom. The highest BCUT2D eigenvalue weighted by molar-refractivity contribution is 4.75. The third-order valence-corrected chi connectivity index (χ3v) is 2.87. The lowest BCUT2D eigenvalue weighted by Gasteiger charge is -2.34. The second-order valence-corrected chi connectivity index (χ2v) is 3.94. The van der Waals surface area contributed by atoms with Crippen LogP contribution in [0.3, 0.4) is 0 Å². The highest BCUT2D eigenvalue weighted by Gasteiger charge is 2.26. The molecule has 2 N–H and O–H groups in total. The van der Waals surface area contributed by atoms with E-state index in [4.69, 9.17) is 10.2 Å². The van der Waals surface area contributed by atoms with Crippen LogP contribution in [-0.4, -0.2) is 41.5 Å². The number of rotatable bonds is 2. The molecule has 2 atom stereocenters. The molecule has 0 aromatic rings. The van der Waals surface area contributed by atoms with Crippen LogP contribution in [0.5, 0.6) is 0 Å². The number of aliphatic hydroxyl groups excluding tert-OH is 1. The molecular formula is C9H19NO2. The van der Waals surface area contributed by atoms with Gasteiger partial charge < -0.3 is 15.1 Å². The molecular weight excluding hydrogens is 154 g/mol. The topological polar surface area (TPSA) is 43.7 Å². The van der Waals surface area contributed by atoms with Gasteiger partial charge in [0, 0.05) is 12.5 Å². The van der Waals surface area contributed by atoms with E-state index in [9.17, 15) is 0 Å². The quantitative estimate of drug-likeness (QED) is 0.589. The van der Waals surface area contributed by atoms with Gasteiger partial charge in [0.15, 0.2) is 6.29 Å². The molecule has 0 aliphatic carbocycles. The molecule has 12 heavy (non-hydrogen) atoms. The zero-order chi connectivity index (χ0) is 9.14. The molecule has 0 radical (unpaired) electrons. The van der Waals surface area contributed by atoms with E-state index in [1.165, 1.54) is 6.42 Å². The normalized spacial score (nSPS) is 29.2. The van der Waals surface area contributed by atoms with Crippen LogP contribution in [0.4, 0.5) is 0 Å². The third-order valence-electron chi connectivity index (χ3n) is 2.87. The van der Waals surface area contributed by atoms with Crippen molar-refractivity contribution in [2.75, 3.05) is 20.1 Å². The van der Waals surface area contributed by atoms with Crippen LogP contribution >= 0.6 is 0 Å². The highest BCUT2D eigenvalue weighted by atomic mass is 16.5. The maximum atomic E-state index is 9.00. The third kappa shape index (κ3) is 2.44. The number of aliphatic hydroxyl groups is 2. The molecule has 1 rings (SSSR count). The van der Waals surface area contributed by atoms with Crippen LogP contribution in [-0.2, 0) is 0 Å². The van der Waals surface area contributed by atoms with Gasteiger partial charge in [-0.2, -0.15) is 0 Å². The van der Waals surface area contributed by atoms with E-state index in [1.54, 1.807) is 0 Å². The first-order valence-electron chi connectivity index (χ1n) is 4.66. The Kier molecular flexibility index (Phi) is 3.50. The Labute approximate surface area is 74.0 Å². The summed E-state index contributed by atoms with van der Waals surface area (Å²) in [7, 11) is 2.09. The van der Waals surface area contributed by atoms with E-state index < -0.39 is 6.29 Å². The largest absolute Gasteiger partial charge is 0.368 e. The first kappa shape index (κ1) is 9.96. The lowest BCUT2D eigenvalue weighted by molar-refractivity contribution is -0.101. The van der Waals surface area contributed by atoms with Crippen molar-refractivity contribution in [3.8, 4) is 0 Å². The summed E-state index contributed by atoms with van der Waals surface area (Å²) in [6.45, 7) is 4.05. The molecule has 0 aromatic carbocycles. The number of likely N-dealkylation sites (tertiary alicyclic amines) is 1. The zero-order valence-electron chi connectivity index (χ0n) is 7.90. The van der Waals surface area contributed by atoms with Crippen molar-refractivity contribution in [2.45, 2.75) is 26.1 Å². The SMILES string of the molecule is CC(C(O)O)C1CCCN(C)C1. The Bertz CT molecular complexity index is 138. The zero-order valence-corrected chi connectivity index (χ0v) is 7.90. The minimum Gasteiger partial charge on any atom is -0.368 e. The van der Waals surface area contributed by atoms with Gasteiger partial charge in [0.05, 0.1) is 0 Å². The average Bonchev–Trinajstić information content (AvgIpc) is 2.03. The van der Waals surface area contributed by atoms with Gasteiger partial charge in [-0.05, 0) is 32.4 Å². The maximum absolute atomic E-state index is 9.00. The summed E-state index contributed by atoms with van der Waals surface area (Å²) in [5.74, 6) is 0.455. The molecule has 0 saturated carbocycles.